The van der Waals surface area contributed by atoms with Crippen molar-refractivity contribution < 1.29 is 9.47 Å². The fraction of sp³-hybridized carbons (Fsp3) is 0.200. The van der Waals surface area contributed by atoms with Crippen molar-refractivity contribution >= 4 is 22.0 Å². The summed E-state index contributed by atoms with van der Waals surface area (Å²) in [5, 5.41) is 0. The SMILES string of the molecule is C=Cc1cc(Br)ccc1OCOC. The molecule has 2 nitrogen and oxygen atoms in total. The molecule has 0 heterocycles. The number of methoxy groups -OCH3 is 1. The van der Waals surface area contributed by atoms with E-state index in [-0.39, 0.29) is 6.79 Å². The predicted octanol–water partition coefficient (Wildman–Crippen LogP) is 3.07. The molecule has 0 atom stereocenters. The standard InChI is InChI=1S/C10H11BrO2/c1-3-8-6-9(11)4-5-10(8)13-7-12-2/h3-6H,1,7H2,2H3. The van der Waals surface area contributed by atoms with Gasteiger partial charge in [-0.2, -0.15) is 0 Å². The van der Waals surface area contributed by atoms with Crippen LogP contribution in [-0.2, 0) is 4.74 Å². The Morgan fingerprint density at radius 3 is 2.92 bits per heavy atom. The molecule has 0 aliphatic rings. The van der Waals surface area contributed by atoms with Gasteiger partial charge in [0, 0.05) is 17.1 Å². The number of hydrogen-bond donors (Lipinski definition) is 0. The van der Waals surface area contributed by atoms with Crippen LogP contribution in [0.5, 0.6) is 5.75 Å². The van der Waals surface area contributed by atoms with Crippen molar-refractivity contribution in [2.75, 3.05) is 13.9 Å². The van der Waals surface area contributed by atoms with E-state index in [0.717, 1.165) is 15.8 Å². The molecule has 1 aromatic carbocycles. The zero-order chi connectivity index (χ0) is 9.68. The van der Waals surface area contributed by atoms with Gasteiger partial charge in [0.1, 0.15) is 5.75 Å². The maximum Gasteiger partial charge on any atom is 0.188 e. The molecule has 13 heavy (non-hydrogen) atoms. The number of hydrogen-bond acceptors (Lipinski definition) is 2. The monoisotopic (exact) mass is 242 g/mol. The van der Waals surface area contributed by atoms with Gasteiger partial charge in [-0.1, -0.05) is 28.6 Å². The Morgan fingerprint density at radius 2 is 2.31 bits per heavy atom. The first-order valence-corrected chi connectivity index (χ1v) is 4.61. The molecule has 0 spiro atoms. The highest BCUT2D eigenvalue weighted by molar-refractivity contribution is 9.10. The van der Waals surface area contributed by atoms with Gasteiger partial charge in [0.2, 0.25) is 0 Å². The normalized spacial score (nSPS) is 9.69. The van der Waals surface area contributed by atoms with Crippen LogP contribution in [0.25, 0.3) is 6.08 Å². The number of halogens is 1. The van der Waals surface area contributed by atoms with Crippen LogP contribution in [0.3, 0.4) is 0 Å². The summed E-state index contributed by atoms with van der Waals surface area (Å²) in [6.07, 6.45) is 1.75. The van der Waals surface area contributed by atoms with Crippen molar-refractivity contribution in [1.82, 2.24) is 0 Å². The summed E-state index contributed by atoms with van der Waals surface area (Å²) >= 11 is 3.37. The van der Waals surface area contributed by atoms with Gasteiger partial charge < -0.3 is 9.47 Å². The third-order valence-electron chi connectivity index (χ3n) is 1.52. The third kappa shape index (κ3) is 2.86. The van der Waals surface area contributed by atoms with Crippen LogP contribution in [0.1, 0.15) is 5.56 Å². The van der Waals surface area contributed by atoms with Crippen molar-refractivity contribution in [3.05, 3.63) is 34.8 Å². The Morgan fingerprint density at radius 1 is 1.54 bits per heavy atom. The number of benzene rings is 1. The summed E-state index contributed by atoms with van der Waals surface area (Å²) in [5.41, 5.74) is 0.950. The van der Waals surface area contributed by atoms with E-state index in [1.807, 2.05) is 18.2 Å². The molecule has 0 bridgehead atoms. The van der Waals surface area contributed by atoms with Crippen LogP contribution < -0.4 is 4.74 Å². The lowest BCUT2D eigenvalue weighted by molar-refractivity contribution is 0.0509. The summed E-state index contributed by atoms with van der Waals surface area (Å²) < 4.78 is 11.1. The summed E-state index contributed by atoms with van der Waals surface area (Å²) in [4.78, 5) is 0. The molecule has 0 saturated heterocycles. The Hall–Kier alpha value is -0.800. The molecule has 1 aromatic rings. The van der Waals surface area contributed by atoms with Gasteiger partial charge in [0.25, 0.3) is 0 Å². The molecule has 0 aliphatic carbocycles. The Kier molecular flexibility index (Phi) is 3.99. The first kappa shape index (κ1) is 10.3. The van der Waals surface area contributed by atoms with Crippen LogP contribution in [0.15, 0.2) is 29.3 Å². The lowest BCUT2D eigenvalue weighted by Crippen LogP contribution is -1.99. The molecule has 0 N–H and O–H groups in total. The molecule has 0 amide bonds. The molecule has 3 heteroatoms. The van der Waals surface area contributed by atoms with Gasteiger partial charge in [-0.15, -0.1) is 0 Å². The van der Waals surface area contributed by atoms with E-state index in [4.69, 9.17) is 9.47 Å². The van der Waals surface area contributed by atoms with Crippen molar-refractivity contribution in [3.63, 3.8) is 0 Å². The highest BCUT2D eigenvalue weighted by Crippen LogP contribution is 2.23. The average molecular weight is 243 g/mol. The predicted molar refractivity (Wildman–Crippen MR) is 56.7 cm³/mol. The fourth-order valence-electron chi connectivity index (χ4n) is 0.933. The second-order valence-electron chi connectivity index (χ2n) is 2.44. The van der Waals surface area contributed by atoms with Gasteiger partial charge in [0.15, 0.2) is 6.79 Å². The summed E-state index contributed by atoms with van der Waals surface area (Å²) in [6.45, 7) is 3.95. The van der Waals surface area contributed by atoms with Gasteiger partial charge >= 0.3 is 0 Å². The minimum absolute atomic E-state index is 0.252. The van der Waals surface area contributed by atoms with Crippen molar-refractivity contribution in [3.8, 4) is 5.75 Å². The maximum absolute atomic E-state index is 5.32. The molecular formula is C10H11BrO2. The fourth-order valence-corrected chi connectivity index (χ4v) is 1.31. The second kappa shape index (κ2) is 5.04. The van der Waals surface area contributed by atoms with Crippen molar-refractivity contribution in [2.24, 2.45) is 0 Å². The zero-order valence-electron chi connectivity index (χ0n) is 7.42. The zero-order valence-corrected chi connectivity index (χ0v) is 9.00. The van der Waals surface area contributed by atoms with Crippen LogP contribution in [0.4, 0.5) is 0 Å². The summed E-state index contributed by atoms with van der Waals surface area (Å²) in [6, 6.07) is 5.73. The van der Waals surface area contributed by atoms with Crippen LogP contribution in [0, 0.1) is 0 Å². The van der Waals surface area contributed by atoms with Crippen molar-refractivity contribution in [1.29, 1.82) is 0 Å². The summed E-state index contributed by atoms with van der Waals surface area (Å²) in [7, 11) is 1.59. The maximum atomic E-state index is 5.32. The number of ether oxygens (including phenoxy) is 2. The van der Waals surface area contributed by atoms with E-state index in [9.17, 15) is 0 Å². The Balaban J connectivity index is 2.86. The van der Waals surface area contributed by atoms with Crippen molar-refractivity contribution in [2.45, 2.75) is 0 Å². The largest absolute Gasteiger partial charge is 0.467 e. The number of rotatable bonds is 4. The molecular weight excluding hydrogens is 232 g/mol. The van der Waals surface area contributed by atoms with Gasteiger partial charge in [-0.3, -0.25) is 0 Å². The van der Waals surface area contributed by atoms with E-state index >= 15 is 0 Å². The minimum atomic E-state index is 0.252. The highest BCUT2D eigenvalue weighted by Gasteiger charge is 2.00. The van der Waals surface area contributed by atoms with Crippen LogP contribution in [-0.4, -0.2) is 13.9 Å². The molecule has 0 fully saturated rings. The second-order valence-corrected chi connectivity index (χ2v) is 3.35. The molecule has 0 radical (unpaired) electrons. The van der Waals surface area contributed by atoms with E-state index in [2.05, 4.69) is 22.5 Å². The lowest BCUT2D eigenvalue weighted by Gasteiger charge is -2.07. The third-order valence-corrected chi connectivity index (χ3v) is 2.02. The lowest BCUT2D eigenvalue weighted by atomic mass is 10.2. The first-order chi connectivity index (χ1) is 6.27. The quantitative estimate of drug-likeness (QED) is 0.756. The molecule has 0 aliphatic heterocycles. The molecule has 70 valence electrons. The Labute approximate surface area is 86.3 Å². The van der Waals surface area contributed by atoms with E-state index in [1.54, 1.807) is 13.2 Å². The van der Waals surface area contributed by atoms with Crippen LogP contribution >= 0.6 is 15.9 Å². The molecule has 0 unspecified atom stereocenters. The highest BCUT2D eigenvalue weighted by atomic mass is 79.9. The molecule has 0 aromatic heterocycles. The van der Waals surface area contributed by atoms with Gasteiger partial charge in [-0.05, 0) is 18.2 Å². The van der Waals surface area contributed by atoms with Gasteiger partial charge in [0.05, 0.1) is 0 Å². The first-order valence-electron chi connectivity index (χ1n) is 3.81. The topological polar surface area (TPSA) is 18.5 Å². The average Bonchev–Trinajstić information content (AvgIpc) is 2.16. The van der Waals surface area contributed by atoms with E-state index < -0.39 is 0 Å². The Bertz CT molecular complexity index is 297. The smallest absolute Gasteiger partial charge is 0.188 e. The molecule has 0 saturated carbocycles. The summed E-state index contributed by atoms with van der Waals surface area (Å²) in [5.74, 6) is 0.778. The molecule has 1 rings (SSSR count). The van der Waals surface area contributed by atoms with E-state index in [0.29, 0.717) is 0 Å². The van der Waals surface area contributed by atoms with Gasteiger partial charge in [-0.25, -0.2) is 0 Å². The van der Waals surface area contributed by atoms with Crippen LogP contribution in [0.2, 0.25) is 0 Å². The van der Waals surface area contributed by atoms with E-state index in [1.165, 1.54) is 0 Å². The minimum Gasteiger partial charge on any atom is -0.467 e.